The number of hydrogen-bond donors (Lipinski definition) is 2. The molecule has 2 heterocycles. The average molecular weight is 196 g/mol. The number of aliphatic hydroxyl groups excluding tert-OH is 1. The minimum absolute atomic E-state index is 0.115. The summed E-state index contributed by atoms with van der Waals surface area (Å²) >= 11 is 0. The normalized spacial score (nSPS) is 34.1. The summed E-state index contributed by atoms with van der Waals surface area (Å²) in [5.74, 6) is 0.606. The first-order valence-corrected chi connectivity index (χ1v) is 5.92. The molecule has 1 saturated carbocycles. The van der Waals surface area contributed by atoms with Crippen LogP contribution in [0.5, 0.6) is 0 Å². The Balaban J connectivity index is 1.53. The first-order chi connectivity index (χ1) is 6.79. The Labute approximate surface area is 85.5 Å². The van der Waals surface area contributed by atoms with E-state index in [1.807, 2.05) is 0 Å². The summed E-state index contributed by atoms with van der Waals surface area (Å²) < 4.78 is 0. The SMILES string of the molecule is OC(C1CC1)N1CC2(CCNCC2)C1. The van der Waals surface area contributed by atoms with Gasteiger partial charge in [-0.3, -0.25) is 4.90 Å². The van der Waals surface area contributed by atoms with Gasteiger partial charge in [0.1, 0.15) is 6.23 Å². The maximum atomic E-state index is 9.93. The molecule has 0 radical (unpaired) electrons. The van der Waals surface area contributed by atoms with Crippen LogP contribution in [0.15, 0.2) is 0 Å². The molecule has 1 aliphatic carbocycles. The molecule has 3 fully saturated rings. The zero-order valence-corrected chi connectivity index (χ0v) is 8.71. The predicted octanol–water partition coefficient (Wildman–Crippen LogP) is 0.400. The number of nitrogens with one attached hydrogen (secondary N) is 1. The Bertz CT molecular complexity index is 213. The van der Waals surface area contributed by atoms with E-state index >= 15 is 0 Å². The van der Waals surface area contributed by atoms with E-state index < -0.39 is 0 Å². The molecule has 3 nitrogen and oxygen atoms in total. The molecule has 1 atom stereocenters. The van der Waals surface area contributed by atoms with Gasteiger partial charge in [0.25, 0.3) is 0 Å². The second kappa shape index (κ2) is 3.19. The standard InChI is InChI=1S/C11H20N2O/c14-10(9-1-2-9)13-7-11(8-13)3-5-12-6-4-11/h9-10,12,14H,1-8H2. The molecule has 2 aliphatic heterocycles. The third-order valence-corrected chi connectivity index (χ3v) is 4.16. The summed E-state index contributed by atoms with van der Waals surface area (Å²) in [7, 11) is 0. The van der Waals surface area contributed by atoms with Crippen molar-refractivity contribution in [2.45, 2.75) is 31.9 Å². The van der Waals surface area contributed by atoms with E-state index in [-0.39, 0.29) is 6.23 Å². The highest BCUT2D eigenvalue weighted by Crippen LogP contribution is 2.43. The largest absolute Gasteiger partial charge is 0.378 e. The van der Waals surface area contributed by atoms with Crippen molar-refractivity contribution in [3.05, 3.63) is 0 Å². The lowest BCUT2D eigenvalue weighted by molar-refractivity contribution is -0.129. The Morgan fingerprint density at radius 3 is 2.43 bits per heavy atom. The van der Waals surface area contributed by atoms with E-state index in [0.717, 1.165) is 13.1 Å². The fourth-order valence-corrected chi connectivity index (χ4v) is 2.97. The highest BCUT2D eigenvalue weighted by Gasteiger charge is 2.48. The third-order valence-electron chi connectivity index (χ3n) is 4.16. The zero-order valence-electron chi connectivity index (χ0n) is 8.71. The van der Waals surface area contributed by atoms with Crippen LogP contribution in [0.2, 0.25) is 0 Å². The third kappa shape index (κ3) is 1.47. The van der Waals surface area contributed by atoms with Gasteiger partial charge in [0.05, 0.1) is 0 Å². The summed E-state index contributed by atoms with van der Waals surface area (Å²) in [6.45, 7) is 4.64. The Kier molecular flexibility index (Phi) is 2.08. The molecule has 2 N–H and O–H groups in total. The number of piperidine rings is 1. The fourth-order valence-electron chi connectivity index (χ4n) is 2.97. The first kappa shape index (κ1) is 9.13. The molecular formula is C11H20N2O. The van der Waals surface area contributed by atoms with E-state index in [9.17, 15) is 5.11 Å². The van der Waals surface area contributed by atoms with Crippen molar-refractivity contribution in [2.24, 2.45) is 11.3 Å². The van der Waals surface area contributed by atoms with Crippen molar-refractivity contribution in [1.82, 2.24) is 10.2 Å². The van der Waals surface area contributed by atoms with Gasteiger partial charge in [-0.2, -0.15) is 0 Å². The van der Waals surface area contributed by atoms with Gasteiger partial charge in [-0.1, -0.05) is 0 Å². The lowest BCUT2D eigenvalue weighted by Gasteiger charge is -2.54. The fraction of sp³-hybridized carbons (Fsp3) is 1.00. The smallest absolute Gasteiger partial charge is 0.110 e. The van der Waals surface area contributed by atoms with Gasteiger partial charge in [-0.05, 0) is 50.1 Å². The molecule has 3 rings (SSSR count). The number of likely N-dealkylation sites (tertiary alicyclic amines) is 1. The molecule has 1 unspecified atom stereocenters. The van der Waals surface area contributed by atoms with E-state index in [2.05, 4.69) is 10.2 Å². The van der Waals surface area contributed by atoms with Gasteiger partial charge in [0.15, 0.2) is 0 Å². The van der Waals surface area contributed by atoms with Crippen LogP contribution in [-0.2, 0) is 0 Å². The van der Waals surface area contributed by atoms with Crippen LogP contribution in [-0.4, -0.2) is 42.4 Å². The average Bonchev–Trinajstić information content (AvgIpc) is 2.97. The Morgan fingerprint density at radius 1 is 1.21 bits per heavy atom. The number of nitrogens with zero attached hydrogens (tertiary/aromatic N) is 1. The molecule has 80 valence electrons. The van der Waals surface area contributed by atoms with Gasteiger partial charge in [-0.15, -0.1) is 0 Å². The van der Waals surface area contributed by atoms with E-state index in [4.69, 9.17) is 0 Å². The predicted molar refractivity (Wildman–Crippen MR) is 54.8 cm³/mol. The topological polar surface area (TPSA) is 35.5 Å². The van der Waals surface area contributed by atoms with Crippen LogP contribution in [0, 0.1) is 11.3 Å². The van der Waals surface area contributed by atoms with Crippen LogP contribution in [0.4, 0.5) is 0 Å². The second-order valence-electron chi connectivity index (χ2n) is 5.41. The van der Waals surface area contributed by atoms with Gasteiger partial charge < -0.3 is 10.4 Å². The minimum Gasteiger partial charge on any atom is -0.378 e. The summed E-state index contributed by atoms with van der Waals surface area (Å²) in [5.41, 5.74) is 0.571. The van der Waals surface area contributed by atoms with Crippen LogP contribution in [0.1, 0.15) is 25.7 Å². The summed E-state index contributed by atoms with van der Waals surface area (Å²) in [4.78, 5) is 2.28. The maximum Gasteiger partial charge on any atom is 0.110 e. The van der Waals surface area contributed by atoms with Crippen LogP contribution in [0.3, 0.4) is 0 Å². The maximum absolute atomic E-state index is 9.93. The highest BCUT2D eigenvalue weighted by molar-refractivity contribution is 5.00. The molecule has 0 bridgehead atoms. The van der Waals surface area contributed by atoms with Crippen LogP contribution >= 0.6 is 0 Å². The number of aliphatic hydroxyl groups is 1. The Morgan fingerprint density at radius 2 is 1.86 bits per heavy atom. The number of rotatable bonds is 2. The van der Waals surface area contributed by atoms with Gasteiger partial charge >= 0.3 is 0 Å². The molecular weight excluding hydrogens is 176 g/mol. The monoisotopic (exact) mass is 196 g/mol. The summed E-state index contributed by atoms with van der Waals surface area (Å²) in [5, 5.41) is 13.3. The molecule has 3 heteroatoms. The summed E-state index contributed by atoms with van der Waals surface area (Å²) in [6, 6.07) is 0. The van der Waals surface area contributed by atoms with Crippen molar-refractivity contribution in [3.8, 4) is 0 Å². The molecule has 0 aromatic rings. The van der Waals surface area contributed by atoms with Crippen LogP contribution in [0.25, 0.3) is 0 Å². The van der Waals surface area contributed by atoms with Crippen molar-refractivity contribution in [2.75, 3.05) is 26.2 Å². The van der Waals surface area contributed by atoms with Crippen molar-refractivity contribution >= 4 is 0 Å². The van der Waals surface area contributed by atoms with Crippen molar-refractivity contribution in [1.29, 1.82) is 0 Å². The van der Waals surface area contributed by atoms with Crippen LogP contribution < -0.4 is 5.32 Å². The van der Waals surface area contributed by atoms with Crippen molar-refractivity contribution in [3.63, 3.8) is 0 Å². The first-order valence-electron chi connectivity index (χ1n) is 5.92. The molecule has 0 amide bonds. The molecule has 0 aromatic carbocycles. The molecule has 0 aromatic heterocycles. The highest BCUT2D eigenvalue weighted by atomic mass is 16.3. The lowest BCUT2D eigenvalue weighted by atomic mass is 9.72. The van der Waals surface area contributed by atoms with Gasteiger partial charge in [0, 0.05) is 13.1 Å². The summed E-state index contributed by atoms with van der Waals surface area (Å²) in [6.07, 6.45) is 4.98. The molecule has 2 saturated heterocycles. The van der Waals surface area contributed by atoms with Crippen molar-refractivity contribution < 1.29 is 5.11 Å². The minimum atomic E-state index is -0.115. The molecule has 1 spiro atoms. The number of hydrogen-bond acceptors (Lipinski definition) is 3. The Hall–Kier alpha value is -0.120. The lowest BCUT2D eigenvalue weighted by Crippen LogP contribution is -2.63. The van der Waals surface area contributed by atoms with E-state index in [1.165, 1.54) is 38.8 Å². The second-order valence-corrected chi connectivity index (χ2v) is 5.41. The zero-order chi connectivity index (χ0) is 9.60. The quantitative estimate of drug-likeness (QED) is 0.671. The van der Waals surface area contributed by atoms with Gasteiger partial charge in [-0.25, -0.2) is 0 Å². The van der Waals surface area contributed by atoms with E-state index in [0.29, 0.717) is 11.3 Å². The van der Waals surface area contributed by atoms with E-state index in [1.54, 1.807) is 0 Å². The molecule has 3 aliphatic rings. The molecule has 14 heavy (non-hydrogen) atoms. The van der Waals surface area contributed by atoms with Gasteiger partial charge in [0.2, 0.25) is 0 Å².